The van der Waals surface area contributed by atoms with Crippen LogP contribution < -0.4 is 0 Å². The van der Waals surface area contributed by atoms with Gasteiger partial charge in [-0.15, -0.1) is 0 Å². The van der Waals surface area contributed by atoms with Crippen LogP contribution in [0.3, 0.4) is 0 Å². The van der Waals surface area contributed by atoms with E-state index in [0.29, 0.717) is 0 Å². The molecule has 0 aliphatic rings. The summed E-state index contributed by atoms with van der Waals surface area (Å²) in [4.78, 5) is 4.56. The van der Waals surface area contributed by atoms with Gasteiger partial charge in [0, 0.05) is 5.56 Å². The average molecular weight is 222 g/mol. The molecule has 0 saturated heterocycles. The lowest BCUT2D eigenvalue weighted by Crippen LogP contribution is -1.87. The molecule has 0 fully saturated rings. The Balaban J connectivity index is 2.06. The lowest BCUT2D eigenvalue weighted by molar-refractivity contribution is 0.941. The Bertz CT molecular complexity index is 602. The van der Waals surface area contributed by atoms with Crippen molar-refractivity contribution in [3.8, 4) is 22.6 Å². The summed E-state index contributed by atoms with van der Waals surface area (Å²) in [6.07, 6.45) is 1.66. The first-order valence-electron chi connectivity index (χ1n) is 5.32. The standard InChI is InChI=1S/C13H10N4/c1-2-5-10(6-3-1)11-7-4-8-12(15-11)13-9-14-17-16-13/h1-9H,(H,14,16,17). The molecule has 0 aliphatic heterocycles. The summed E-state index contributed by atoms with van der Waals surface area (Å²) < 4.78 is 0. The fraction of sp³-hybridized carbons (Fsp3) is 0. The highest BCUT2D eigenvalue weighted by Gasteiger charge is 2.04. The Labute approximate surface area is 98.4 Å². The maximum absolute atomic E-state index is 4.56. The van der Waals surface area contributed by atoms with Crippen molar-refractivity contribution in [2.24, 2.45) is 0 Å². The van der Waals surface area contributed by atoms with Crippen molar-refractivity contribution in [2.45, 2.75) is 0 Å². The molecule has 0 radical (unpaired) electrons. The fourth-order valence-corrected chi connectivity index (χ4v) is 1.67. The summed E-state index contributed by atoms with van der Waals surface area (Å²) >= 11 is 0. The molecule has 82 valence electrons. The van der Waals surface area contributed by atoms with E-state index in [4.69, 9.17) is 0 Å². The number of nitrogens with zero attached hydrogens (tertiary/aromatic N) is 3. The molecule has 3 rings (SSSR count). The quantitative estimate of drug-likeness (QED) is 0.724. The molecule has 0 saturated carbocycles. The average Bonchev–Trinajstić information content (AvgIpc) is 2.94. The van der Waals surface area contributed by atoms with E-state index >= 15 is 0 Å². The zero-order chi connectivity index (χ0) is 11.5. The number of H-pyrrole nitrogens is 1. The van der Waals surface area contributed by atoms with Crippen LogP contribution in [0.4, 0.5) is 0 Å². The first kappa shape index (κ1) is 9.72. The fourth-order valence-electron chi connectivity index (χ4n) is 1.67. The van der Waals surface area contributed by atoms with Gasteiger partial charge >= 0.3 is 0 Å². The highest BCUT2D eigenvalue weighted by molar-refractivity contribution is 5.63. The Kier molecular flexibility index (Phi) is 2.38. The van der Waals surface area contributed by atoms with E-state index in [2.05, 4.69) is 20.4 Å². The molecule has 0 atom stereocenters. The van der Waals surface area contributed by atoms with Crippen LogP contribution in [0.1, 0.15) is 0 Å². The second-order valence-electron chi connectivity index (χ2n) is 3.63. The van der Waals surface area contributed by atoms with E-state index in [1.807, 2.05) is 48.5 Å². The number of hydrogen-bond donors (Lipinski definition) is 1. The molecule has 4 heteroatoms. The molecule has 2 aromatic heterocycles. The summed E-state index contributed by atoms with van der Waals surface area (Å²) in [7, 11) is 0. The maximum atomic E-state index is 4.56. The molecule has 0 amide bonds. The van der Waals surface area contributed by atoms with Crippen molar-refractivity contribution in [1.82, 2.24) is 20.4 Å². The van der Waals surface area contributed by atoms with Crippen molar-refractivity contribution in [1.29, 1.82) is 0 Å². The van der Waals surface area contributed by atoms with Crippen LogP contribution in [0, 0.1) is 0 Å². The number of hydrogen-bond acceptors (Lipinski definition) is 3. The first-order valence-corrected chi connectivity index (χ1v) is 5.32. The third-order valence-corrected chi connectivity index (χ3v) is 2.50. The van der Waals surface area contributed by atoms with E-state index in [-0.39, 0.29) is 0 Å². The normalized spacial score (nSPS) is 10.4. The molecule has 0 bridgehead atoms. The van der Waals surface area contributed by atoms with Gasteiger partial charge < -0.3 is 0 Å². The van der Waals surface area contributed by atoms with E-state index < -0.39 is 0 Å². The maximum Gasteiger partial charge on any atom is 0.131 e. The van der Waals surface area contributed by atoms with Crippen LogP contribution in [0.15, 0.2) is 54.7 Å². The zero-order valence-corrected chi connectivity index (χ0v) is 9.04. The molecule has 1 N–H and O–H groups in total. The molecule has 1 aromatic carbocycles. The second-order valence-corrected chi connectivity index (χ2v) is 3.63. The molecule has 3 aromatic rings. The van der Waals surface area contributed by atoms with Crippen LogP contribution in [-0.2, 0) is 0 Å². The van der Waals surface area contributed by atoms with Crippen LogP contribution in [0.2, 0.25) is 0 Å². The molecular formula is C13H10N4. The number of rotatable bonds is 2. The minimum absolute atomic E-state index is 0.753. The second kappa shape index (κ2) is 4.17. The van der Waals surface area contributed by atoms with Gasteiger partial charge in [0.05, 0.1) is 17.6 Å². The van der Waals surface area contributed by atoms with Crippen molar-refractivity contribution < 1.29 is 0 Å². The van der Waals surface area contributed by atoms with E-state index in [0.717, 1.165) is 22.6 Å². The Hall–Kier alpha value is -2.49. The molecule has 0 aliphatic carbocycles. The highest BCUT2D eigenvalue weighted by Crippen LogP contribution is 2.20. The molecule has 4 nitrogen and oxygen atoms in total. The number of benzene rings is 1. The van der Waals surface area contributed by atoms with Crippen LogP contribution in [0.5, 0.6) is 0 Å². The molecule has 0 spiro atoms. The lowest BCUT2D eigenvalue weighted by atomic mass is 10.1. The number of nitrogens with one attached hydrogen (secondary N) is 1. The molecule has 0 unspecified atom stereocenters. The third-order valence-electron chi connectivity index (χ3n) is 2.50. The van der Waals surface area contributed by atoms with Gasteiger partial charge in [-0.3, -0.25) is 0 Å². The minimum Gasteiger partial charge on any atom is -0.246 e. The predicted octanol–water partition coefficient (Wildman–Crippen LogP) is 2.53. The summed E-state index contributed by atoms with van der Waals surface area (Å²) in [6.45, 7) is 0. The number of pyridine rings is 1. The van der Waals surface area contributed by atoms with Crippen molar-refractivity contribution in [3.63, 3.8) is 0 Å². The van der Waals surface area contributed by atoms with Gasteiger partial charge in [0.1, 0.15) is 5.69 Å². The Morgan fingerprint density at radius 1 is 0.765 bits per heavy atom. The summed E-state index contributed by atoms with van der Waals surface area (Å²) in [5.41, 5.74) is 3.60. The van der Waals surface area contributed by atoms with Gasteiger partial charge in [0.25, 0.3) is 0 Å². The van der Waals surface area contributed by atoms with Gasteiger partial charge in [-0.05, 0) is 12.1 Å². The highest BCUT2D eigenvalue weighted by atomic mass is 15.3. The monoisotopic (exact) mass is 222 g/mol. The molecule has 2 heterocycles. The SMILES string of the molecule is c1ccc(-c2cccc(-c3cn[nH]n3)n2)cc1. The van der Waals surface area contributed by atoms with Crippen molar-refractivity contribution in [3.05, 3.63) is 54.7 Å². The smallest absolute Gasteiger partial charge is 0.131 e. The van der Waals surface area contributed by atoms with Crippen LogP contribution in [0.25, 0.3) is 22.6 Å². The molecule has 17 heavy (non-hydrogen) atoms. The Morgan fingerprint density at radius 2 is 1.59 bits per heavy atom. The number of aromatic nitrogens is 4. The van der Waals surface area contributed by atoms with Crippen molar-refractivity contribution >= 4 is 0 Å². The first-order chi connectivity index (χ1) is 8.43. The van der Waals surface area contributed by atoms with Gasteiger partial charge in [-0.25, -0.2) is 4.98 Å². The largest absolute Gasteiger partial charge is 0.246 e. The van der Waals surface area contributed by atoms with Gasteiger partial charge in [0.15, 0.2) is 0 Å². The van der Waals surface area contributed by atoms with E-state index in [1.165, 1.54) is 0 Å². The van der Waals surface area contributed by atoms with Crippen LogP contribution in [-0.4, -0.2) is 20.4 Å². The van der Waals surface area contributed by atoms with Gasteiger partial charge in [-0.1, -0.05) is 36.4 Å². The van der Waals surface area contributed by atoms with Crippen LogP contribution >= 0.6 is 0 Å². The van der Waals surface area contributed by atoms with Gasteiger partial charge in [0.2, 0.25) is 0 Å². The summed E-state index contributed by atoms with van der Waals surface area (Å²) in [5.74, 6) is 0. The minimum atomic E-state index is 0.753. The molecular weight excluding hydrogens is 212 g/mol. The van der Waals surface area contributed by atoms with E-state index in [9.17, 15) is 0 Å². The zero-order valence-electron chi connectivity index (χ0n) is 9.04. The summed E-state index contributed by atoms with van der Waals surface area (Å²) in [5, 5.41) is 10.4. The van der Waals surface area contributed by atoms with E-state index in [1.54, 1.807) is 6.20 Å². The van der Waals surface area contributed by atoms with Gasteiger partial charge in [-0.2, -0.15) is 15.4 Å². The number of aromatic amines is 1. The predicted molar refractivity (Wildman–Crippen MR) is 65.0 cm³/mol. The third kappa shape index (κ3) is 1.92. The Morgan fingerprint density at radius 3 is 2.35 bits per heavy atom. The summed E-state index contributed by atoms with van der Waals surface area (Å²) in [6, 6.07) is 15.9. The topological polar surface area (TPSA) is 54.5 Å². The van der Waals surface area contributed by atoms with Crippen molar-refractivity contribution in [2.75, 3.05) is 0 Å². The lowest BCUT2D eigenvalue weighted by Gasteiger charge is -2.02.